The molecule has 2 rings (SSSR count). The fourth-order valence-electron chi connectivity index (χ4n) is 2.50. The molecule has 0 saturated heterocycles. The molecule has 0 aliphatic rings. The molecule has 0 radical (unpaired) electrons. The van der Waals surface area contributed by atoms with E-state index in [4.69, 9.17) is 0 Å². The van der Waals surface area contributed by atoms with Crippen molar-refractivity contribution in [1.29, 1.82) is 0 Å². The van der Waals surface area contributed by atoms with Crippen LogP contribution in [-0.2, 0) is 13.0 Å². The fourth-order valence-corrected chi connectivity index (χ4v) is 2.50. The topological polar surface area (TPSA) is 38.1 Å². The maximum atomic E-state index is 10.5. The predicted molar refractivity (Wildman–Crippen MR) is 77.1 cm³/mol. The number of nitrogens with zero attached hydrogens (tertiary/aromatic N) is 2. The lowest BCUT2D eigenvalue weighted by molar-refractivity contribution is 0.141. The van der Waals surface area contributed by atoms with Gasteiger partial charge in [-0.2, -0.15) is 5.10 Å². The third-order valence-electron chi connectivity index (χ3n) is 3.59. The highest BCUT2D eigenvalue weighted by molar-refractivity contribution is 5.21. The summed E-state index contributed by atoms with van der Waals surface area (Å²) in [6.45, 7) is 5.05. The monoisotopic (exact) mass is 258 g/mol. The van der Waals surface area contributed by atoms with Gasteiger partial charge in [-0.25, -0.2) is 0 Å². The van der Waals surface area contributed by atoms with E-state index in [0.717, 1.165) is 18.5 Å². The molecular formula is C16H22N2O. The third-order valence-corrected chi connectivity index (χ3v) is 3.59. The molecule has 3 heteroatoms. The normalized spacial score (nSPS) is 14.3. The first-order chi connectivity index (χ1) is 9.24. The maximum Gasteiger partial charge on any atom is 0.0650 e. The van der Waals surface area contributed by atoms with Crippen molar-refractivity contribution in [3.8, 4) is 0 Å². The van der Waals surface area contributed by atoms with Crippen molar-refractivity contribution in [3.05, 3.63) is 53.9 Å². The molecule has 1 N–H and O–H groups in total. The molecule has 0 aliphatic carbocycles. The summed E-state index contributed by atoms with van der Waals surface area (Å²) in [5, 5.41) is 14.7. The summed E-state index contributed by atoms with van der Waals surface area (Å²) in [7, 11) is 0. The lowest BCUT2D eigenvalue weighted by Gasteiger charge is -2.21. The minimum atomic E-state index is -0.359. The number of hydrogen-bond donors (Lipinski definition) is 1. The van der Waals surface area contributed by atoms with Crippen molar-refractivity contribution in [2.45, 2.75) is 45.3 Å². The van der Waals surface area contributed by atoms with Crippen LogP contribution in [0.1, 0.15) is 37.3 Å². The highest BCUT2D eigenvalue weighted by atomic mass is 16.3. The molecule has 0 spiro atoms. The van der Waals surface area contributed by atoms with Crippen molar-refractivity contribution >= 4 is 0 Å². The highest BCUT2D eigenvalue weighted by Gasteiger charge is 2.20. The molecule has 2 atom stereocenters. The van der Waals surface area contributed by atoms with Crippen molar-refractivity contribution in [2.75, 3.05) is 0 Å². The lowest BCUT2D eigenvalue weighted by atomic mass is 9.88. The molecule has 1 aromatic heterocycles. The molecule has 1 heterocycles. The van der Waals surface area contributed by atoms with E-state index in [-0.39, 0.29) is 12.0 Å². The van der Waals surface area contributed by atoms with Crippen molar-refractivity contribution in [2.24, 2.45) is 0 Å². The number of aliphatic hydroxyl groups is 1. The van der Waals surface area contributed by atoms with Gasteiger partial charge in [0.2, 0.25) is 0 Å². The molecule has 19 heavy (non-hydrogen) atoms. The van der Waals surface area contributed by atoms with Gasteiger partial charge in [0.25, 0.3) is 0 Å². The number of aliphatic hydroxyl groups excluding tert-OH is 1. The summed E-state index contributed by atoms with van der Waals surface area (Å²) in [5.74, 6) is 0.186. The average Bonchev–Trinajstić information content (AvgIpc) is 2.88. The largest absolute Gasteiger partial charge is 0.392 e. The molecular weight excluding hydrogens is 236 g/mol. The Bertz CT molecular complexity index is 492. The van der Waals surface area contributed by atoms with Crippen LogP contribution in [0.5, 0.6) is 0 Å². The van der Waals surface area contributed by atoms with Gasteiger partial charge in [0, 0.05) is 25.1 Å². The predicted octanol–water partition coefficient (Wildman–Crippen LogP) is 3.00. The van der Waals surface area contributed by atoms with E-state index in [0.29, 0.717) is 6.42 Å². The van der Waals surface area contributed by atoms with E-state index in [1.54, 1.807) is 0 Å². The van der Waals surface area contributed by atoms with Crippen LogP contribution < -0.4 is 0 Å². The summed E-state index contributed by atoms with van der Waals surface area (Å²) in [4.78, 5) is 0. The zero-order valence-corrected chi connectivity index (χ0v) is 11.7. The first-order valence-corrected chi connectivity index (χ1v) is 6.99. The Hall–Kier alpha value is -1.61. The van der Waals surface area contributed by atoms with Crippen molar-refractivity contribution in [1.82, 2.24) is 9.78 Å². The standard InChI is InChI=1S/C16H22N2O/c1-3-15(14-8-6-5-7-9-14)16(19)10-13-11-17-18(4-2)12-13/h5-9,11-12,15-16,19H,3-4,10H2,1-2H3. The maximum absolute atomic E-state index is 10.5. The number of aromatic nitrogens is 2. The molecule has 0 fully saturated rings. The SMILES string of the molecule is CCC(c1ccccc1)C(O)Cc1cnn(CC)c1. The summed E-state index contributed by atoms with van der Waals surface area (Å²) in [5.41, 5.74) is 2.31. The third kappa shape index (κ3) is 3.44. The van der Waals surface area contributed by atoms with Crippen LogP contribution in [0, 0.1) is 0 Å². The average molecular weight is 258 g/mol. The Morgan fingerprint density at radius 3 is 2.53 bits per heavy atom. The van der Waals surface area contributed by atoms with Crippen molar-refractivity contribution in [3.63, 3.8) is 0 Å². The summed E-state index contributed by atoms with van der Waals surface area (Å²) in [6, 6.07) is 10.2. The molecule has 0 aliphatic heterocycles. The second-order valence-electron chi connectivity index (χ2n) is 4.90. The smallest absolute Gasteiger partial charge is 0.0650 e. The van der Waals surface area contributed by atoms with Crippen LogP contribution in [0.2, 0.25) is 0 Å². The zero-order valence-electron chi connectivity index (χ0n) is 11.7. The fraction of sp³-hybridized carbons (Fsp3) is 0.438. The van der Waals surface area contributed by atoms with E-state index >= 15 is 0 Å². The van der Waals surface area contributed by atoms with Gasteiger partial charge >= 0.3 is 0 Å². The second kappa shape index (κ2) is 6.53. The number of hydrogen-bond acceptors (Lipinski definition) is 2. The van der Waals surface area contributed by atoms with Gasteiger partial charge in [0.1, 0.15) is 0 Å². The van der Waals surface area contributed by atoms with E-state index in [1.165, 1.54) is 5.56 Å². The first kappa shape index (κ1) is 13.8. The summed E-state index contributed by atoms with van der Waals surface area (Å²) in [6.07, 6.45) is 5.10. The molecule has 0 bridgehead atoms. The van der Waals surface area contributed by atoms with Gasteiger partial charge in [-0.05, 0) is 24.5 Å². The summed E-state index contributed by atoms with van der Waals surface area (Å²) < 4.78 is 1.89. The van der Waals surface area contributed by atoms with Gasteiger partial charge in [-0.1, -0.05) is 37.3 Å². The molecule has 0 saturated carbocycles. The van der Waals surface area contributed by atoms with Gasteiger partial charge in [-0.3, -0.25) is 4.68 Å². The minimum absolute atomic E-state index is 0.186. The van der Waals surface area contributed by atoms with Crippen molar-refractivity contribution < 1.29 is 5.11 Å². The quantitative estimate of drug-likeness (QED) is 0.865. The van der Waals surface area contributed by atoms with Crippen LogP contribution in [0.4, 0.5) is 0 Å². The Balaban J connectivity index is 2.06. The minimum Gasteiger partial charge on any atom is -0.392 e. The van der Waals surface area contributed by atoms with E-state index in [2.05, 4.69) is 31.1 Å². The van der Waals surface area contributed by atoms with Gasteiger partial charge in [-0.15, -0.1) is 0 Å². The van der Waals surface area contributed by atoms with Gasteiger partial charge < -0.3 is 5.11 Å². The molecule has 102 valence electrons. The van der Waals surface area contributed by atoms with Gasteiger partial charge in [0.15, 0.2) is 0 Å². The van der Waals surface area contributed by atoms with E-state index < -0.39 is 0 Å². The first-order valence-electron chi connectivity index (χ1n) is 6.99. The van der Waals surface area contributed by atoms with E-state index in [9.17, 15) is 5.11 Å². The van der Waals surface area contributed by atoms with Gasteiger partial charge in [0.05, 0.1) is 12.3 Å². The Morgan fingerprint density at radius 2 is 1.95 bits per heavy atom. The Morgan fingerprint density at radius 1 is 1.21 bits per heavy atom. The number of benzene rings is 1. The van der Waals surface area contributed by atoms with Crippen LogP contribution in [0.15, 0.2) is 42.7 Å². The Kier molecular flexibility index (Phi) is 4.74. The van der Waals surface area contributed by atoms with Crippen LogP contribution >= 0.6 is 0 Å². The number of rotatable bonds is 6. The Labute approximate surface area is 114 Å². The second-order valence-corrected chi connectivity index (χ2v) is 4.90. The van der Waals surface area contributed by atoms with Crippen LogP contribution in [-0.4, -0.2) is 21.0 Å². The lowest BCUT2D eigenvalue weighted by Crippen LogP contribution is -2.20. The molecule has 0 amide bonds. The van der Waals surface area contributed by atoms with Crippen LogP contribution in [0.25, 0.3) is 0 Å². The summed E-state index contributed by atoms with van der Waals surface area (Å²) >= 11 is 0. The molecule has 2 unspecified atom stereocenters. The zero-order chi connectivity index (χ0) is 13.7. The molecule has 1 aromatic carbocycles. The highest BCUT2D eigenvalue weighted by Crippen LogP contribution is 2.25. The van der Waals surface area contributed by atoms with E-state index in [1.807, 2.05) is 35.3 Å². The number of aryl methyl sites for hydroxylation is 1. The molecule has 2 aromatic rings. The van der Waals surface area contributed by atoms with Crippen LogP contribution in [0.3, 0.4) is 0 Å². The molecule has 3 nitrogen and oxygen atoms in total.